The molecule has 1 atom stereocenters. The van der Waals surface area contributed by atoms with Crippen LogP contribution in [-0.4, -0.2) is 30.5 Å². The van der Waals surface area contributed by atoms with Gasteiger partial charge in [-0.25, -0.2) is 4.79 Å². The molecule has 0 saturated heterocycles. The first-order valence-corrected chi connectivity index (χ1v) is 8.00. The van der Waals surface area contributed by atoms with Gasteiger partial charge in [0.1, 0.15) is 17.6 Å². The molecule has 0 radical (unpaired) electrons. The van der Waals surface area contributed by atoms with Crippen molar-refractivity contribution < 1.29 is 19.4 Å². The van der Waals surface area contributed by atoms with Crippen LogP contribution in [0.5, 0.6) is 11.5 Å². The van der Waals surface area contributed by atoms with Crippen LogP contribution in [0, 0.1) is 5.92 Å². The molecular formula is C17H25NO4. The maximum absolute atomic E-state index is 10.5. The summed E-state index contributed by atoms with van der Waals surface area (Å²) in [5.41, 5.74) is 0. The molecule has 0 spiro atoms. The standard InChI is InChI=1S/C17H25NO4/c1-13(11-18-17(19)20)22-16-9-5-8-15(10-16)21-12-14-6-3-2-4-7-14/h5,8-10,13-14,18H,2-4,6-7,11-12H2,1H3,(H,19,20). The lowest BCUT2D eigenvalue weighted by molar-refractivity contribution is 0.177. The summed E-state index contributed by atoms with van der Waals surface area (Å²) in [5, 5.41) is 10.9. The van der Waals surface area contributed by atoms with E-state index in [2.05, 4.69) is 5.32 Å². The maximum atomic E-state index is 10.5. The molecule has 1 unspecified atom stereocenters. The van der Waals surface area contributed by atoms with Gasteiger partial charge in [-0.2, -0.15) is 0 Å². The van der Waals surface area contributed by atoms with E-state index in [9.17, 15) is 4.79 Å². The number of rotatable bonds is 7. The van der Waals surface area contributed by atoms with Gasteiger partial charge in [-0.05, 0) is 37.8 Å². The van der Waals surface area contributed by atoms with Crippen molar-refractivity contribution in [2.24, 2.45) is 5.92 Å². The quantitative estimate of drug-likeness (QED) is 0.806. The molecule has 22 heavy (non-hydrogen) atoms. The molecule has 0 bridgehead atoms. The van der Waals surface area contributed by atoms with Crippen molar-refractivity contribution in [2.75, 3.05) is 13.2 Å². The van der Waals surface area contributed by atoms with Crippen molar-refractivity contribution in [2.45, 2.75) is 45.1 Å². The summed E-state index contributed by atoms with van der Waals surface area (Å²) in [4.78, 5) is 10.5. The first-order valence-electron chi connectivity index (χ1n) is 8.00. The van der Waals surface area contributed by atoms with E-state index in [1.165, 1.54) is 32.1 Å². The van der Waals surface area contributed by atoms with E-state index < -0.39 is 6.09 Å². The van der Waals surface area contributed by atoms with Gasteiger partial charge in [-0.3, -0.25) is 0 Å². The number of nitrogens with one attached hydrogen (secondary N) is 1. The molecule has 2 rings (SSSR count). The predicted molar refractivity (Wildman–Crippen MR) is 84.6 cm³/mol. The van der Waals surface area contributed by atoms with E-state index in [4.69, 9.17) is 14.6 Å². The third-order valence-electron chi connectivity index (χ3n) is 3.89. The Morgan fingerprint density at radius 2 is 2.05 bits per heavy atom. The average Bonchev–Trinajstić information content (AvgIpc) is 2.52. The Labute approximate surface area is 131 Å². The van der Waals surface area contributed by atoms with E-state index in [1.807, 2.05) is 31.2 Å². The molecule has 1 fully saturated rings. The van der Waals surface area contributed by atoms with Crippen LogP contribution in [0.25, 0.3) is 0 Å². The summed E-state index contributed by atoms with van der Waals surface area (Å²) in [7, 11) is 0. The summed E-state index contributed by atoms with van der Waals surface area (Å²) in [6, 6.07) is 7.53. The van der Waals surface area contributed by atoms with Crippen LogP contribution in [-0.2, 0) is 0 Å². The minimum absolute atomic E-state index is 0.232. The molecule has 5 nitrogen and oxygen atoms in total. The number of hydrogen-bond donors (Lipinski definition) is 2. The zero-order chi connectivity index (χ0) is 15.8. The molecule has 1 saturated carbocycles. The number of carboxylic acid groups (broad SMARTS) is 1. The molecule has 122 valence electrons. The Kier molecular flexibility index (Phi) is 6.37. The van der Waals surface area contributed by atoms with Crippen molar-refractivity contribution >= 4 is 6.09 Å². The number of ether oxygens (including phenoxy) is 2. The molecule has 0 aromatic heterocycles. The molecule has 1 aromatic rings. The third-order valence-corrected chi connectivity index (χ3v) is 3.89. The van der Waals surface area contributed by atoms with Gasteiger partial charge in [-0.1, -0.05) is 25.3 Å². The second kappa shape index (κ2) is 8.51. The number of amides is 1. The van der Waals surface area contributed by atoms with Gasteiger partial charge in [0, 0.05) is 6.07 Å². The lowest BCUT2D eigenvalue weighted by atomic mass is 9.90. The Balaban J connectivity index is 1.79. The number of carbonyl (C=O) groups is 1. The fourth-order valence-electron chi connectivity index (χ4n) is 2.71. The highest BCUT2D eigenvalue weighted by molar-refractivity contribution is 5.64. The predicted octanol–water partition coefficient (Wildman–Crippen LogP) is 3.68. The number of hydrogen-bond acceptors (Lipinski definition) is 3. The van der Waals surface area contributed by atoms with Gasteiger partial charge in [-0.15, -0.1) is 0 Å². The lowest BCUT2D eigenvalue weighted by Gasteiger charge is -2.22. The van der Waals surface area contributed by atoms with Crippen molar-refractivity contribution in [3.8, 4) is 11.5 Å². The topological polar surface area (TPSA) is 67.8 Å². The fourth-order valence-corrected chi connectivity index (χ4v) is 2.71. The minimum atomic E-state index is -1.04. The first-order chi connectivity index (χ1) is 10.6. The van der Waals surface area contributed by atoms with Crippen LogP contribution >= 0.6 is 0 Å². The van der Waals surface area contributed by atoms with Crippen LogP contribution in [0.3, 0.4) is 0 Å². The summed E-state index contributed by atoms with van der Waals surface area (Å²) < 4.78 is 11.6. The van der Waals surface area contributed by atoms with E-state index in [-0.39, 0.29) is 12.6 Å². The van der Waals surface area contributed by atoms with E-state index >= 15 is 0 Å². The largest absolute Gasteiger partial charge is 0.493 e. The van der Waals surface area contributed by atoms with Crippen LogP contribution in [0.4, 0.5) is 4.79 Å². The molecule has 1 aromatic carbocycles. The van der Waals surface area contributed by atoms with E-state index in [0.717, 1.165) is 12.4 Å². The zero-order valence-electron chi connectivity index (χ0n) is 13.1. The lowest BCUT2D eigenvalue weighted by Crippen LogP contribution is -2.32. The van der Waals surface area contributed by atoms with Crippen LogP contribution in [0.1, 0.15) is 39.0 Å². The van der Waals surface area contributed by atoms with Crippen molar-refractivity contribution in [3.05, 3.63) is 24.3 Å². The van der Waals surface area contributed by atoms with Crippen LogP contribution in [0.15, 0.2) is 24.3 Å². The molecule has 2 N–H and O–H groups in total. The molecule has 5 heteroatoms. The summed E-state index contributed by atoms with van der Waals surface area (Å²) in [6.45, 7) is 2.84. The van der Waals surface area contributed by atoms with Gasteiger partial charge < -0.3 is 19.9 Å². The highest BCUT2D eigenvalue weighted by Gasteiger charge is 2.14. The second-order valence-corrected chi connectivity index (χ2v) is 5.90. The van der Waals surface area contributed by atoms with E-state index in [1.54, 1.807) is 0 Å². The monoisotopic (exact) mass is 307 g/mol. The summed E-state index contributed by atoms with van der Waals surface area (Å²) >= 11 is 0. The average molecular weight is 307 g/mol. The van der Waals surface area contributed by atoms with Crippen molar-refractivity contribution in [3.63, 3.8) is 0 Å². The second-order valence-electron chi connectivity index (χ2n) is 5.90. The van der Waals surface area contributed by atoms with Gasteiger partial charge in [0.2, 0.25) is 0 Å². The number of benzene rings is 1. The normalized spacial score (nSPS) is 16.8. The van der Waals surface area contributed by atoms with Crippen molar-refractivity contribution in [1.82, 2.24) is 5.32 Å². The van der Waals surface area contributed by atoms with Gasteiger partial charge in [0.15, 0.2) is 0 Å². The third kappa shape index (κ3) is 5.84. The highest BCUT2D eigenvalue weighted by atomic mass is 16.5. The van der Waals surface area contributed by atoms with Crippen LogP contribution in [0.2, 0.25) is 0 Å². The van der Waals surface area contributed by atoms with Gasteiger partial charge >= 0.3 is 6.09 Å². The molecule has 1 amide bonds. The minimum Gasteiger partial charge on any atom is -0.493 e. The molecule has 0 heterocycles. The van der Waals surface area contributed by atoms with Gasteiger partial charge in [0.25, 0.3) is 0 Å². The molecule has 1 aliphatic rings. The van der Waals surface area contributed by atoms with Crippen LogP contribution < -0.4 is 14.8 Å². The SMILES string of the molecule is CC(CNC(=O)O)Oc1cccc(OCC2CCCCC2)c1. The fraction of sp³-hybridized carbons (Fsp3) is 0.588. The highest BCUT2D eigenvalue weighted by Crippen LogP contribution is 2.26. The Hall–Kier alpha value is -1.91. The van der Waals surface area contributed by atoms with E-state index in [0.29, 0.717) is 11.7 Å². The van der Waals surface area contributed by atoms with Gasteiger partial charge in [0.05, 0.1) is 13.2 Å². The summed E-state index contributed by atoms with van der Waals surface area (Å²) in [5.74, 6) is 2.17. The van der Waals surface area contributed by atoms with Crippen molar-refractivity contribution in [1.29, 1.82) is 0 Å². The zero-order valence-corrected chi connectivity index (χ0v) is 13.1. The first kappa shape index (κ1) is 16.5. The smallest absolute Gasteiger partial charge is 0.404 e. The molecular weight excluding hydrogens is 282 g/mol. The Morgan fingerprint density at radius 1 is 1.32 bits per heavy atom. The molecule has 0 aliphatic heterocycles. The summed E-state index contributed by atoms with van der Waals surface area (Å²) in [6.07, 6.45) is 5.21. The maximum Gasteiger partial charge on any atom is 0.404 e. The Morgan fingerprint density at radius 3 is 2.77 bits per heavy atom. The Bertz CT molecular complexity index is 471. The molecule has 1 aliphatic carbocycles.